The Morgan fingerprint density at radius 1 is 1.10 bits per heavy atom. The fraction of sp³-hybridized carbons (Fsp3) is 0.625. The monoisotopic (exact) mass is 376 g/mol. The number of alkyl halides is 1. The average molecular weight is 378 g/mol. The maximum Gasteiger partial charge on any atom is 0.138 e. The molecule has 2 fully saturated rings. The van der Waals surface area contributed by atoms with E-state index in [1.54, 1.807) is 6.07 Å². The van der Waals surface area contributed by atoms with Gasteiger partial charge < -0.3 is 4.74 Å². The molecule has 2 unspecified atom stereocenters. The van der Waals surface area contributed by atoms with Gasteiger partial charge in [0.05, 0.1) is 5.02 Å². The van der Waals surface area contributed by atoms with Crippen molar-refractivity contribution in [3.63, 3.8) is 0 Å². The zero-order chi connectivity index (χ0) is 14.2. The molecule has 0 N–H and O–H groups in total. The lowest BCUT2D eigenvalue weighted by molar-refractivity contribution is -0.0461. The van der Waals surface area contributed by atoms with Gasteiger partial charge in [-0.05, 0) is 37.5 Å². The minimum atomic E-state index is 0.281. The maximum absolute atomic E-state index is 6.23. The van der Waals surface area contributed by atoms with Gasteiger partial charge in [0.2, 0.25) is 0 Å². The van der Waals surface area contributed by atoms with E-state index in [4.69, 9.17) is 27.9 Å². The van der Waals surface area contributed by atoms with E-state index >= 15 is 0 Å². The zero-order valence-electron chi connectivity index (χ0n) is 11.4. The van der Waals surface area contributed by atoms with E-state index in [1.807, 2.05) is 12.1 Å². The molecule has 20 heavy (non-hydrogen) atoms. The normalized spacial score (nSPS) is 28.8. The SMILES string of the molecule is Clc1ccc(OC2CC(Br)C23CCCCCC3)c(Cl)c1. The summed E-state index contributed by atoms with van der Waals surface area (Å²) in [6.45, 7) is 0. The summed E-state index contributed by atoms with van der Waals surface area (Å²) in [6, 6.07) is 5.48. The first-order valence-corrected chi connectivity index (χ1v) is 9.05. The molecule has 2 saturated carbocycles. The lowest BCUT2D eigenvalue weighted by atomic mass is 9.61. The van der Waals surface area contributed by atoms with E-state index in [9.17, 15) is 0 Å². The van der Waals surface area contributed by atoms with Gasteiger partial charge in [-0.15, -0.1) is 0 Å². The minimum Gasteiger partial charge on any atom is -0.488 e. The third kappa shape index (κ3) is 2.71. The molecular formula is C16H19BrCl2O. The molecule has 1 nitrogen and oxygen atoms in total. The van der Waals surface area contributed by atoms with Gasteiger partial charge in [0, 0.05) is 15.3 Å². The van der Waals surface area contributed by atoms with Gasteiger partial charge in [-0.3, -0.25) is 0 Å². The Balaban J connectivity index is 1.76. The molecule has 110 valence electrons. The van der Waals surface area contributed by atoms with Gasteiger partial charge in [-0.1, -0.05) is 64.8 Å². The van der Waals surface area contributed by atoms with Crippen LogP contribution < -0.4 is 4.74 Å². The second-order valence-electron chi connectivity index (χ2n) is 6.03. The third-order valence-corrected chi connectivity index (χ3v) is 6.70. The van der Waals surface area contributed by atoms with Crippen molar-refractivity contribution in [3.05, 3.63) is 28.2 Å². The van der Waals surface area contributed by atoms with Crippen molar-refractivity contribution in [1.29, 1.82) is 0 Å². The number of halogens is 3. The van der Waals surface area contributed by atoms with E-state index in [0.29, 0.717) is 20.3 Å². The van der Waals surface area contributed by atoms with E-state index in [1.165, 1.54) is 38.5 Å². The fourth-order valence-corrected chi connectivity index (χ4v) is 5.16. The van der Waals surface area contributed by atoms with Crippen LogP contribution in [0.2, 0.25) is 10.0 Å². The predicted molar refractivity (Wildman–Crippen MR) is 88.3 cm³/mol. The summed E-state index contributed by atoms with van der Waals surface area (Å²) < 4.78 is 6.23. The van der Waals surface area contributed by atoms with Gasteiger partial charge in [-0.2, -0.15) is 0 Å². The van der Waals surface area contributed by atoms with Crippen molar-refractivity contribution in [2.75, 3.05) is 0 Å². The van der Waals surface area contributed by atoms with E-state index in [-0.39, 0.29) is 6.10 Å². The van der Waals surface area contributed by atoms with E-state index < -0.39 is 0 Å². The van der Waals surface area contributed by atoms with Crippen LogP contribution in [0.1, 0.15) is 44.9 Å². The Bertz CT molecular complexity index is 483. The van der Waals surface area contributed by atoms with Crippen molar-refractivity contribution in [2.24, 2.45) is 5.41 Å². The van der Waals surface area contributed by atoms with Crippen LogP contribution in [-0.2, 0) is 0 Å². The molecule has 0 radical (unpaired) electrons. The molecule has 1 aromatic rings. The fourth-order valence-electron chi connectivity index (χ4n) is 3.61. The first kappa shape index (κ1) is 15.0. The van der Waals surface area contributed by atoms with Crippen LogP contribution in [-0.4, -0.2) is 10.9 Å². The molecule has 3 rings (SSSR count). The number of hydrogen-bond acceptors (Lipinski definition) is 1. The maximum atomic E-state index is 6.23. The zero-order valence-corrected chi connectivity index (χ0v) is 14.5. The van der Waals surface area contributed by atoms with Gasteiger partial charge in [0.15, 0.2) is 0 Å². The lowest BCUT2D eigenvalue weighted by Gasteiger charge is -2.53. The summed E-state index contributed by atoms with van der Waals surface area (Å²) in [6.07, 6.45) is 9.22. The number of benzene rings is 1. The molecule has 0 heterocycles. The molecule has 0 saturated heterocycles. The molecule has 4 heteroatoms. The molecule has 0 aromatic heterocycles. The largest absolute Gasteiger partial charge is 0.488 e. The van der Waals surface area contributed by atoms with Crippen LogP contribution in [0, 0.1) is 5.41 Å². The Labute approximate surface area is 139 Å². The summed E-state index contributed by atoms with van der Waals surface area (Å²) in [5.74, 6) is 0.768. The molecule has 0 aliphatic heterocycles. The summed E-state index contributed by atoms with van der Waals surface area (Å²) in [7, 11) is 0. The van der Waals surface area contributed by atoms with Crippen LogP contribution in [0.25, 0.3) is 0 Å². The average Bonchev–Trinajstić information content (AvgIpc) is 2.69. The molecule has 0 amide bonds. The molecule has 0 bridgehead atoms. The predicted octanol–water partition coefficient (Wildman–Crippen LogP) is 6.25. The highest BCUT2D eigenvalue weighted by atomic mass is 79.9. The first-order valence-electron chi connectivity index (χ1n) is 7.37. The second kappa shape index (κ2) is 6.06. The molecule has 1 spiro atoms. The van der Waals surface area contributed by atoms with Crippen LogP contribution in [0.3, 0.4) is 0 Å². The molecule has 2 aliphatic carbocycles. The Hall–Kier alpha value is 0.0800. The van der Waals surface area contributed by atoms with Gasteiger partial charge >= 0.3 is 0 Å². The van der Waals surface area contributed by atoms with Crippen LogP contribution in [0.15, 0.2) is 18.2 Å². The summed E-state index contributed by atoms with van der Waals surface area (Å²) >= 11 is 16.0. The summed E-state index contributed by atoms with van der Waals surface area (Å²) in [5, 5.41) is 1.26. The van der Waals surface area contributed by atoms with Crippen molar-refractivity contribution < 1.29 is 4.74 Å². The smallest absolute Gasteiger partial charge is 0.138 e. The highest BCUT2D eigenvalue weighted by Crippen LogP contribution is 2.56. The van der Waals surface area contributed by atoms with Crippen LogP contribution in [0.4, 0.5) is 0 Å². The summed E-state index contributed by atoms with van der Waals surface area (Å²) in [4.78, 5) is 0.587. The highest BCUT2D eigenvalue weighted by molar-refractivity contribution is 9.09. The van der Waals surface area contributed by atoms with E-state index in [2.05, 4.69) is 15.9 Å². The third-order valence-electron chi connectivity index (χ3n) is 4.88. The molecule has 2 atom stereocenters. The minimum absolute atomic E-state index is 0.281. The number of hydrogen-bond donors (Lipinski definition) is 0. The lowest BCUT2D eigenvalue weighted by Crippen LogP contribution is -2.56. The quantitative estimate of drug-likeness (QED) is 0.553. The Kier molecular flexibility index (Phi) is 4.54. The first-order chi connectivity index (χ1) is 9.62. The molecular weight excluding hydrogens is 359 g/mol. The highest BCUT2D eigenvalue weighted by Gasteiger charge is 2.55. The topological polar surface area (TPSA) is 9.23 Å². The van der Waals surface area contributed by atoms with Crippen molar-refractivity contribution in [2.45, 2.75) is 55.9 Å². The Morgan fingerprint density at radius 2 is 1.80 bits per heavy atom. The standard InChI is InChI=1S/C16H19BrCl2O/c17-14-10-15(16(14)7-3-1-2-4-8-16)20-13-6-5-11(18)9-12(13)19/h5-6,9,14-15H,1-4,7-8,10H2. The van der Waals surface area contributed by atoms with Crippen LogP contribution >= 0.6 is 39.1 Å². The van der Waals surface area contributed by atoms with Gasteiger partial charge in [-0.25, -0.2) is 0 Å². The van der Waals surface area contributed by atoms with E-state index in [0.717, 1.165) is 12.2 Å². The van der Waals surface area contributed by atoms with Crippen molar-refractivity contribution in [3.8, 4) is 5.75 Å². The summed E-state index contributed by atoms with van der Waals surface area (Å²) in [5.41, 5.74) is 0.305. The molecule has 2 aliphatic rings. The Morgan fingerprint density at radius 3 is 2.40 bits per heavy atom. The number of rotatable bonds is 2. The van der Waals surface area contributed by atoms with Crippen molar-refractivity contribution >= 4 is 39.1 Å². The molecule has 1 aromatic carbocycles. The van der Waals surface area contributed by atoms with Crippen molar-refractivity contribution in [1.82, 2.24) is 0 Å². The number of ether oxygens (including phenoxy) is 1. The second-order valence-corrected chi connectivity index (χ2v) is 7.98. The van der Waals surface area contributed by atoms with Crippen LogP contribution in [0.5, 0.6) is 5.75 Å². The van der Waals surface area contributed by atoms with Gasteiger partial charge in [0.1, 0.15) is 11.9 Å². The van der Waals surface area contributed by atoms with Gasteiger partial charge in [0.25, 0.3) is 0 Å².